The third kappa shape index (κ3) is 2.28. The number of rotatable bonds is 2. The highest BCUT2D eigenvalue weighted by Gasteiger charge is 2.42. The molecule has 2 atom stereocenters. The Morgan fingerprint density at radius 1 is 1.00 bits per heavy atom. The molecule has 2 aromatic rings. The molecule has 0 radical (unpaired) electrons. The van der Waals surface area contributed by atoms with Gasteiger partial charge < -0.3 is 9.80 Å². The molecule has 0 spiro atoms. The zero-order valence-corrected chi connectivity index (χ0v) is 12.0. The number of hydrogen-bond donors (Lipinski definition) is 0. The van der Waals surface area contributed by atoms with Gasteiger partial charge in [0.15, 0.2) is 0 Å². The number of aromatic nitrogens is 4. The Labute approximate surface area is 128 Å². The van der Waals surface area contributed by atoms with E-state index < -0.39 is 0 Å². The molecule has 1 amide bonds. The molecule has 0 aromatic carbocycles. The topological polar surface area (TPSA) is 75.1 Å². The molecule has 7 heteroatoms. The maximum absolute atomic E-state index is 12.4. The number of amides is 1. The van der Waals surface area contributed by atoms with Crippen LogP contribution in [0.4, 0.5) is 5.95 Å². The van der Waals surface area contributed by atoms with E-state index >= 15 is 0 Å². The molecule has 7 nitrogen and oxygen atoms in total. The fourth-order valence-corrected chi connectivity index (χ4v) is 3.38. The van der Waals surface area contributed by atoms with Crippen LogP contribution in [0.15, 0.2) is 36.9 Å². The monoisotopic (exact) mass is 296 g/mol. The van der Waals surface area contributed by atoms with Gasteiger partial charge in [-0.15, -0.1) is 0 Å². The molecule has 2 aliphatic heterocycles. The molecule has 0 saturated carbocycles. The fourth-order valence-electron chi connectivity index (χ4n) is 3.38. The second-order valence-corrected chi connectivity index (χ2v) is 5.82. The van der Waals surface area contributed by atoms with Crippen LogP contribution in [0, 0.1) is 11.8 Å². The molecule has 0 unspecified atom stereocenters. The van der Waals surface area contributed by atoms with E-state index in [4.69, 9.17) is 0 Å². The Morgan fingerprint density at radius 2 is 1.73 bits per heavy atom. The van der Waals surface area contributed by atoms with E-state index in [1.807, 2.05) is 11.0 Å². The van der Waals surface area contributed by atoms with Crippen molar-refractivity contribution in [2.45, 2.75) is 0 Å². The van der Waals surface area contributed by atoms with Crippen molar-refractivity contribution in [3.05, 3.63) is 42.5 Å². The van der Waals surface area contributed by atoms with Crippen LogP contribution in [0.2, 0.25) is 0 Å². The maximum atomic E-state index is 12.4. The second kappa shape index (κ2) is 5.32. The SMILES string of the molecule is O=C(c1ccnnc1)N1C[C@@H]2CN(c3ncccn3)C[C@@H]2C1. The van der Waals surface area contributed by atoms with Crippen molar-refractivity contribution in [2.75, 3.05) is 31.1 Å². The lowest BCUT2D eigenvalue weighted by Gasteiger charge is -2.21. The van der Waals surface area contributed by atoms with Crippen LogP contribution in [0.1, 0.15) is 10.4 Å². The summed E-state index contributed by atoms with van der Waals surface area (Å²) in [6.45, 7) is 3.39. The molecule has 2 fully saturated rings. The number of likely N-dealkylation sites (tertiary alicyclic amines) is 1. The van der Waals surface area contributed by atoms with Crippen LogP contribution < -0.4 is 4.90 Å². The summed E-state index contributed by atoms with van der Waals surface area (Å²) in [5.41, 5.74) is 0.609. The van der Waals surface area contributed by atoms with Crippen LogP contribution in [0.5, 0.6) is 0 Å². The van der Waals surface area contributed by atoms with Crippen molar-refractivity contribution in [1.29, 1.82) is 0 Å². The molecule has 0 bridgehead atoms. The average molecular weight is 296 g/mol. The molecule has 2 aliphatic rings. The summed E-state index contributed by atoms with van der Waals surface area (Å²) in [5, 5.41) is 7.49. The van der Waals surface area contributed by atoms with Gasteiger partial charge in [0.1, 0.15) is 0 Å². The lowest BCUT2D eigenvalue weighted by molar-refractivity contribution is 0.0782. The van der Waals surface area contributed by atoms with Gasteiger partial charge in [-0.2, -0.15) is 10.2 Å². The molecule has 22 heavy (non-hydrogen) atoms. The molecule has 4 heterocycles. The summed E-state index contributed by atoms with van der Waals surface area (Å²) in [5.74, 6) is 1.81. The Morgan fingerprint density at radius 3 is 2.36 bits per heavy atom. The zero-order chi connectivity index (χ0) is 14.9. The first-order valence-electron chi connectivity index (χ1n) is 7.39. The first kappa shape index (κ1) is 13.1. The third-order valence-electron chi connectivity index (χ3n) is 4.44. The first-order valence-corrected chi connectivity index (χ1v) is 7.39. The van der Waals surface area contributed by atoms with Crippen molar-refractivity contribution >= 4 is 11.9 Å². The van der Waals surface area contributed by atoms with Crippen LogP contribution in [0.3, 0.4) is 0 Å². The van der Waals surface area contributed by atoms with E-state index in [0.29, 0.717) is 17.4 Å². The third-order valence-corrected chi connectivity index (χ3v) is 4.44. The van der Waals surface area contributed by atoms with Crippen molar-refractivity contribution < 1.29 is 4.79 Å². The normalized spacial score (nSPS) is 23.6. The van der Waals surface area contributed by atoms with Gasteiger partial charge in [0, 0.05) is 50.4 Å². The van der Waals surface area contributed by atoms with Crippen LogP contribution in [0.25, 0.3) is 0 Å². The van der Waals surface area contributed by atoms with Gasteiger partial charge >= 0.3 is 0 Å². The summed E-state index contributed by atoms with van der Waals surface area (Å²) in [7, 11) is 0. The van der Waals surface area contributed by atoms with Crippen molar-refractivity contribution in [3.63, 3.8) is 0 Å². The Kier molecular flexibility index (Phi) is 3.17. The summed E-state index contributed by atoms with van der Waals surface area (Å²) in [4.78, 5) is 25.2. The Balaban J connectivity index is 1.43. The van der Waals surface area contributed by atoms with Crippen molar-refractivity contribution in [2.24, 2.45) is 11.8 Å². The van der Waals surface area contributed by atoms with E-state index in [-0.39, 0.29) is 5.91 Å². The first-order chi connectivity index (χ1) is 10.8. The largest absolute Gasteiger partial charge is 0.340 e. The molecular formula is C15H16N6O. The van der Waals surface area contributed by atoms with Gasteiger partial charge in [-0.05, 0) is 12.1 Å². The highest BCUT2D eigenvalue weighted by molar-refractivity contribution is 5.94. The molecular weight excluding hydrogens is 280 g/mol. The van der Waals surface area contributed by atoms with Crippen molar-refractivity contribution in [1.82, 2.24) is 25.1 Å². The van der Waals surface area contributed by atoms with Crippen LogP contribution in [-0.4, -0.2) is 57.2 Å². The smallest absolute Gasteiger partial charge is 0.255 e. The fraction of sp³-hybridized carbons (Fsp3) is 0.400. The maximum Gasteiger partial charge on any atom is 0.255 e. The lowest BCUT2D eigenvalue weighted by atomic mass is 10.0. The predicted molar refractivity (Wildman–Crippen MR) is 79.2 cm³/mol. The molecule has 2 aromatic heterocycles. The highest BCUT2D eigenvalue weighted by atomic mass is 16.2. The average Bonchev–Trinajstić information content (AvgIpc) is 3.15. The molecule has 4 rings (SSSR count). The van der Waals surface area contributed by atoms with Gasteiger partial charge in [0.25, 0.3) is 5.91 Å². The van der Waals surface area contributed by atoms with E-state index in [1.165, 1.54) is 6.20 Å². The number of fused-ring (bicyclic) bond motifs is 1. The number of anilines is 1. The highest BCUT2D eigenvalue weighted by Crippen LogP contribution is 2.33. The molecule has 0 aliphatic carbocycles. The number of carbonyl (C=O) groups is 1. The quantitative estimate of drug-likeness (QED) is 0.802. The number of nitrogens with zero attached hydrogens (tertiary/aromatic N) is 6. The van der Waals surface area contributed by atoms with Crippen LogP contribution >= 0.6 is 0 Å². The summed E-state index contributed by atoms with van der Waals surface area (Å²) >= 11 is 0. The van der Waals surface area contributed by atoms with Gasteiger partial charge in [0.05, 0.1) is 18.0 Å². The minimum absolute atomic E-state index is 0.0480. The van der Waals surface area contributed by atoms with Crippen LogP contribution in [-0.2, 0) is 0 Å². The van der Waals surface area contributed by atoms with E-state index in [0.717, 1.165) is 32.1 Å². The zero-order valence-electron chi connectivity index (χ0n) is 12.0. The Bertz CT molecular complexity index is 650. The summed E-state index contributed by atoms with van der Waals surface area (Å²) in [6, 6.07) is 3.54. The van der Waals surface area contributed by atoms with Gasteiger partial charge in [0.2, 0.25) is 5.95 Å². The van der Waals surface area contributed by atoms with Gasteiger partial charge in [-0.3, -0.25) is 4.79 Å². The van der Waals surface area contributed by atoms with Gasteiger partial charge in [-0.1, -0.05) is 0 Å². The standard InChI is InChI=1S/C15H16N6O/c22-14(11-2-5-18-19-6-11)20-7-12-9-21(10-13(12)8-20)15-16-3-1-4-17-15/h1-6,12-13H,7-10H2/t12-,13+. The Hall–Kier alpha value is -2.57. The predicted octanol–water partition coefficient (Wildman–Crippen LogP) is 0.475. The van der Waals surface area contributed by atoms with Crippen molar-refractivity contribution in [3.8, 4) is 0 Å². The summed E-state index contributed by atoms with van der Waals surface area (Å²) < 4.78 is 0. The second-order valence-electron chi connectivity index (χ2n) is 5.82. The lowest BCUT2D eigenvalue weighted by Crippen LogP contribution is -2.33. The van der Waals surface area contributed by atoms with E-state index in [9.17, 15) is 4.79 Å². The molecule has 112 valence electrons. The number of carbonyl (C=O) groups excluding carboxylic acids is 1. The minimum Gasteiger partial charge on any atom is -0.340 e. The van der Waals surface area contributed by atoms with E-state index in [1.54, 1.807) is 24.7 Å². The molecule has 0 N–H and O–H groups in total. The van der Waals surface area contributed by atoms with E-state index in [2.05, 4.69) is 25.1 Å². The minimum atomic E-state index is 0.0480. The summed E-state index contributed by atoms with van der Waals surface area (Å²) in [6.07, 6.45) is 6.62. The number of hydrogen-bond acceptors (Lipinski definition) is 6. The van der Waals surface area contributed by atoms with Gasteiger partial charge in [-0.25, -0.2) is 9.97 Å². The molecule has 2 saturated heterocycles.